The van der Waals surface area contributed by atoms with E-state index in [1.54, 1.807) is 27.2 Å². The van der Waals surface area contributed by atoms with Crippen molar-refractivity contribution in [2.24, 2.45) is 0 Å². The Morgan fingerprint density at radius 2 is 1.57 bits per heavy atom. The fourth-order valence-electron chi connectivity index (χ4n) is 3.34. The van der Waals surface area contributed by atoms with E-state index in [0.717, 1.165) is 22.6 Å². The van der Waals surface area contributed by atoms with Crippen LogP contribution in [0.3, 0.4) is 0 Å². The topological polar surface area (TPSA) is 112 Å². The van der Waals surface area contributed by atoms with Crippen LogP contribution in [0.4, 0.5) is 5.82 Å². The van der Waals surface area contributed by atoms with Gasteiger partial charge in [0, 0.05) is 17.2 Å². The van der Waals surface area contributed by atoms with E-state index < -0.39 is 5.25 Å². The van der Waals surface area contributed by atoms with Crippen LogP contribution in [0, 0.1) is 6.92 Å². The highest BCUT2D eigenvalue weighted by Crippen LogP contribution is 2.33. The number of aryl methyl sites for hydroxylation is 1. The second-order valence-electron chi connectivity index (χ2n) is 7.58. The van der Waals surface area contributed by atoms with Gasteiger partial charge in [0.1, 0.15) is 28.6 Å². The molecule has 180 valence electrons. The molecule has 0 fully saturated rings. The van der Waals surface area contributed by atoms with Crippen LogP contribution in [0.25, 0.3) is 22.5 Å². The largest absolute Gasteiger partial charge is 0.497 e. The number of nitrogens with one attached hydrogen (secondary N) is 1. The van der Waals surface area contributed by atoms with Crippen molar-refractivity contribution in [2.45, 2.75) is 30.7 Å². The maximum absolute atomic E-state index is 12.8. The average molecular weight is 492 g/mol. The maximum Gasteiger partial charge on any atom is 0.239 e. The molecule has 9 nitrogen and oxygen atoms in total. The van der Waals surface area contributed by atoms with Gasteiger partial charge in [-0.2, -0.15) is 0 Å². The number of nitrogens with zero attached hydrogens (tertiary/aromatic N) is 4. The number of hydrogen-bond donors (Lipinski definition) is 1. The zero-order chi connectivity index (χ0) is 24.8. The van der Waals surface area contributed by atoms with Gasteiger partial charge >= 0.3 is 0 Å². The van der Waals surface area contributed by atoms with Crippen LogP contribution in [-0.4, -0.2) is 45.7 Å². The summed E-state index contributed by atoms with van der Waals surface area (Å²) in [6.45, 7) is 3.69. The first kappa shape index (κ1) is 24.2. The van der Waals surface area contributed by atoms with E-state index in [-0.39, 0.29) is 5.91 Å². The van der Waals surface area contributed by atoms with E-state index in [1.165, 1.54) is 11.8 Å². The molecule has 4 rings (SSSR count). The van der Waals surface area contributed by atoms with Crippen molar-refractivity contribution in [2.75, 3.05) is 19.5 Å². The first-order valence-electron chi connectivity index (χ1n) is 10.9. The lowest BCUT2D eigenvalue weighted by Crippen LogP contribution is -2.25. The number of aromatic nitrogens is 4. The summed E-state index contributed by atoms with van der Waals surface area (Å²) in [5, 5.41) is 15.4. The van der Waals surface area contributed by atoms with E-state index in [0.29, 0.717) is 34.5 Å². The summed E-state index contributed by atoms with van der Waals surface area (Å²) in [5.41, 5.74) is 2.97. The Bertz CT molecular complexity index is 1290. The van der Waals surface area contributed by atoms with Crippen LogP contribution in [0.1, 0.15) is 19.1 Å². The van der Waals surface area contributed by atoms with Crippen LogP contribution < -0.4 is 14.8 Å². The zero-order valence-corrected chi connectivity index (χ0v) is 20.6. The number of methoxy groups -OCH3 is 2. The van der Waals surface area contributed by atoms with Gasteiger partial charge in [-0.05, 0) is 61.9 Å². The number of rotatable bonds is 9. The quantitative estimate of drug-likeness (QED) is 0.322. The van der Waals surface area contributed by atoms with Gasteiger partial charge in [0.15, 0.2) is 5.82 Å². The van der Waals surface area contributed by atoms with Crippen LogP contribution in [0.2, 0.25) is 0 Å². The fourth-order valence-corrected chi connectivity index (χ4v) is 4.16. The third kappa shape index (κ3) is 5.78. The molecule has 1 atom stereocenters. The Kier molecular flexibility index (Phi) is 7.61. The molecule has 2 heterocycles. The first-order chi connectivity index (χ1) is 17.0. The Labute approximate surface area is 207 Å². The van der Waals surface area contributed by atoms with Crippen molar-refractivity contribution < 1.29 is 18.8 Å². The zero-order valence-electron chi connectivity index (χ0n) is 19.8. The summed E-state index contributed by atoms with van der Waals surface area (Å²) in [5.74, 6) is 2.26. The van der Waals surface area contributed by atoms with Gasteiger partial charge in [0.05, 0.1) is 19.5 Å². The number of anilines is 1. The van der Waals surface area contributed by atoms with Gasteiger partial charge in [0.2, 0.25) is 11.1 Å². The molecule has 0 aliphatic carbocycles. The highest BCUT2D eigenvalue weighted by atomic mass is 32.2. The third-order valence-corrected chi connectivity index (χ3v) is 6.40. The molecule has 0 spiro atoms. The lowest BCUT2D eigenvalue weighted by atomic mass is 10.0. The van der Waals surface area contributed by atoms with Crippen LogP contribution in [0.15, 0.2) is 64.3 Å². The molecule has 4 aromatic rings. The van der Waals surface area contributed by atoms with E-state index in [2.05, 4.69) is 20.7 Å². The molecule has 35 heavy (non-hydrogen) atoms. The van der Waals surface area contributed by atoms with Gasteiger partial charge in [-0.15, -0.1) is 10.2 Å². The summed E-state index contributed by atoms with van der Waals surface area (Å²) < 4.78 is 15.6. The minimum atomic E-state index is -0.440. The van der Waals surface area contributed by atoms with Gasteiger partial charge in [-0.1, -0.05) is 23.8 Å². The molecule has 0 saturated heterocycles. The Balaban J connectivity index is 1.66. The van der Waals surface area contributed by atoms with Crippen molar-refractivity contribution in [3.8, 4) is 34.0 Å². The molecule has 1 amide bonds. The van der Waals surface area contributed by atoms with E-state index in [1.807, 2.05) is 55.5 Å². The molecule has 0 aliphatic heterocycles. The number of carbonyl (C=O) groups is 1. The summed E-state index contributed by atoms with van der Waals surface area (Å²) in [6.07, 6.45) is 0.564. The molecule has 1 N–H and O–H groups in total. The van der Waals surface area contributed by atoms with Gasteiger partial charge in [-0.25, -0.2) is 4.98 Å². The highest BCUT2D eigenvalue weighted by Gasteiger charge is 2.22. The standard InChI is InChI=1S/C25H25N5O4S/c1-5-20(24(31)26-21-14-15(2)34-30-21)35-25-27-22(16-6-10-18(32-3)11-7-16)23(28-29-25)17-8-12-19(33-4)13-9-17/h6-14,20H,5H2,1-4H3,(H,26,30,31). The first-order valence-corrected chi connectivity index (χ1v) is 11.8. The second kappa shape index (κ2) is 11.0. The third-order valence-electron chi connectivity index (χ3n) is 5.18. The summed E-state index contributed by atoms with van der Waals surface area (Å²) in [6, 6.07) is 16.8. The molecular formula is C25H25N5O4S. The molecule has 0 radical (unpaired) electrons. The van der Waals surface area contributed by atoms with Crippen molar-refractivity contribution in [3.63, 3.8) is 0 Å². The van der Waals surface area contributed by atoms with Crippen molar-refractivity contribution in [3.05, 3.63) is 60.4 Å². The predicted molar refractivity (Wildman–Crippen MR) is 134 cm³/mol. The second-order valence-corrected chi connectivity index (χ2v) is 8.75. The van der Waals surface area contributed by atoms with Gasteiger partial charge in [-0.3, -0.25) is 4.79 Å². The number of carbonyl (C=O) groups excluding carboxylic acids is 1. The van der Waals surface area contributed by atoms with Gasteiger partial charge in [0.25, 0.3) is 0 Å². The van der Waals surface area contributed by atoms with Crippen LogP contribution >= 0.6 is 11.8 Å². The predicted octanol–water partition coefficient (Wildman–Crippen LogP) is 5.03. The van der Waals surface area contributed by atoms with Crippen molar-refractivity contribution in [1.29, 1.82) is 0 Å². The van der Waals surface area contributed by atoms with Crippen LogP contribution in [-0.2, 0) is 4.79 Å². The van der Waals surface area contributed by atoms with Gasteiger partial charge < -0.3 is 19.3 Å². The number of thioether (sulfide) groups is 1. The Hall–Kier alpha value is -3.92. The normalized spacial score (nSPS) is 11.7. The van der Waals surface area contributed by atoms with Crippen molar-refractivity contribution >= 4 is 23.5 Å². The maximum atomic E-state index is 12.8. The lowest BCUT2D eigenvalue weighted by Gasteiger charge is -2.14. The Morgan fingerprint density at radius 1 is 0.971 bits per heavy atom. The van der Waals surface area contributed by atoms with E-state index in [4.69, 9.17) is 19.0 Å². The average Bonchev–Trinajstić information content (AvgIpc) is 3.31. The van der Waals surface area contributed by atoms with Crippen molar-refractivity contribution in [1.82, 2.24) is 20.3 Å². The smallest absolute Gasteiger partial charge is 0.239 e. The minimum Gasteiger partial charge on any atom is -0.497 e. The summed E-state index contributed by atoms with van der Waals surface area (Å²) >= 11 is 1.25. The lowest BCUT2D eigenvalue weighted by molar-refractivity contribution is -0.115. The molecule has 0 saturated carbocycles. The molecular weight excluding hydrogens is 466 g/mol. The SMILES string of the molecule is CCC(Sc1nnc(-c2ccc(OC)cc2)c(-c2ccc(OC)cc2)n1)C(=O)Nc1cc(C)on1. The van der Waals surface area contributed by atoms with E-state index in [9.17, 15) is 4.79 Å². The highest BCUT2D eigenvalue weighted by molar-refractivity contribution is 8.00. The minimum absolute atomic E-state index is 0.209. The van der Waals surface area contributed by atoms with E-state index >= 15 is 0 Å². The summed E-state index contributed by atoms with van der Waals surface area (Å²) in [4.78, 5) is 17.6. The molecule has 0 aliphatic rings. The molecule has 0 bridgehead atoms. The number of benzene rings is 2. The molecule has 1 unspecified atom stereocenters. The Morgan fingerprint density at radius 3 is 2.09 bits per heavy atom. The fraction of sp³-hybridized carbons (Fsp3) is 0.240. The number of amides is 1. The molecule has 10 heteroatoms. The molecule has 2 aromatic carbocycles. The molecule has 2 aromatic heterocycles. The van der Waals surface area contributed by atoms with Crippen LogP contribution in [0.5, 0.6) is 11.5 Å². The summed E-state index contributed by atoms with van der Waals surface area (Å²) in [7, 11) is 3.24. The monoisotopic (exact) mass is 491 g/mol. The number of ether oxygens (including phenoxy) is 2. The number of hydrogen-bond acceptors (Lipinski definition) is 9.